The van der Waals surface area contributed by atoms with Crippen LogP contribution in [0.3, 0.4) is 0 Å². The number of amides is 1. The van der Waals surface area contributed by atoms with Gasteiger partial charge < -0.3 is 9.64 Å². The molecule has 1 saturated heterocycles. The molecule has 2 aromatic rings. The molecule has 1 fully saturated rings. The lowest BCUT2D eigenvalue weighted by Crippen LogP contribution is -2.43. The Morgan fingerprint density at radius 3 is 2.32 bits per heavy atom. The number of carbonyl (C=O) groups is 1. The quantitative estimate of drug-likeness (QED) is 0.771. The van der Waals surface area contributed by atoms with Gasteiger partial charge in [0.15, 0.2) is 0 Å². The summed E-state index contributed by atoms with van der Waals surface area (Å²) in [6.07, 6.45) is 1.04. The van der Waals surface area contributed by atoms with Crippen LogP contribution in [0.1, 0.15) is 18.4 Å². The van der Waals surface area contributed by atoms with Crippen molar-refractivity contribution in [1.29, 1.82) is 0 Å². The first-order chi connectivity index (χ1) is 13.3. The lowest BCUT2D eigenvalue weighted by Gasteiger charge is -2.32. The van der Waals surface area contributed by atoms with Crippen molar-refractivity contribution in [1.82, 2.24) is 4.31 Å². The largest absolute Gasteiger partial charge is 0.496 e. The number of para-hydroxylation sites is 1. The first-order valence-corrected chi connectivity index (χ1v) is 10.8. The Morgan fingerprint density at radius 1 is 1.11 bits per heavy atom. The minimum absolute atomic E-state index is 0.0311. The lowest BCUT2D eigenvalue weighted by molar-refractivity contribution is -0.123. The molecule has 1 aliphatic heterocycles. The van der Waals surface area contributed by atoms with E-state index in [9.17, 15) is 13.2 Å². The third-order valence-electron chi connectivity index (χ3n) is 5.28. The van der Waals surface area contributed by atoms with Gasteiger partial charge in [-0.3, -0.25) is 4.79 Å². The number of aryl methyl sites for hydroxylation is 1. The fourth-order valence-electron chi connectivity index (χ4n) is 3.56. The van der Waals surface area contributed by atoms with Crippen LogP contribution in [0.15, 0.2) is 53.4 Å². The van der Waals surface area contributed by atoms with E-state index < -0.39 is 10.0 Å². The Labute approximate surface area is 166 Å². The SMILES string of the molecule is COc1ccc(S(=O)(=O)N2CCC(C(=O)N(C)c3ccccc3)CC2)cc1C. The number of piperidine rings is 1. The van der Waals surface area contributed by atoms with Gasteiger partial charge in [-0.2, -0.15) is 4.31 Å². The summed E-state index contributed by atoms with van der Waals surface area (Å²) >= 11 is 0. The second-order valence-corrected chi connectivity index (χ2v) is 8.98. The first-order valence-electron chi connectivity index (χ1n) is 9.32. The Bertz CT molecular complexity index is 936. The number of sulfonamides is 1. The summed E-state index contributed by atoms with van der Waals surface area (Å²) in [7, 11) is -0.253. The maximum absolute atomic E-state index is 13.0. The number of benzene rings is 2. The highest BCUT2D eigenvalue weighted by atomic mass is 32.2. The molecular weight excluding hydrogens is 376 g/mol. The van der Waals surface area contributed by atoms with E-state index >= 15 is 0 Å². The smallest absolute Gasteiger partial charge is 0.243 e. The molecule has 0 spiro atoms. The van der Waals surface area contributed by atoms with Crippen molar-refractivity contribution >= 4 is 21.6 Å². The molecule has 0 saturated carbocycles. The first kappa shape index (κ1) is 20.4. The fraction of sp³-hybridized carbons (Fsp3) is 0.381. The highest BCUT2D eigenvalue weighted by molar-refractivity contribution is 7.89. The molecule has 0 aromatic heterocycles. The highest BCUT2D eigenvalue weighted by Crippen LogP contribution is 2.28. The number of carbonyl (C=O) groups excluding carboxylic acids is 1. The van der Waals surface area contributed by atoms with Crippen LogP contribution in [0.25, 0.3) is 0 Å². The Balaban J connectivity index is 1.67. The van der Waals surface area contributed by atoms with E-state index in [-0.39, 0.29) is 16.7 Å². The third-order valence-corrected chi connectivity index (χ3v) is 7.18. The van der Waals surface area contributed by atoms with Gasteiger partial charge in [0.2, 0.25) is 15.9 Å². The van der Waals surface area contributed by atoms with E-state index in [1.165, 1.54) is 4.31 Å². The van der Waals surface area contributed by atoms with E-state index in [2.05, 4.69) is 0 Å². The number of rotatable bonds is 5. The van der Waals surface area contributed by atoms with Gasteiger partial charge in [-0.25, -0.2) is 8.42 Å². The molecule has 0 N–H and O–H groups in total. The highest BCUT2D eigenvalue weighted by Gasteiger charge is 2.33. The number of anilines is 1. The topological polar surface area (TPSA) is 66.9 Å². The standard InChI is InChI=1S/C21H26N2O4S/c1-16-15-19(9-10-20(16)27-3)28(25,26)23-13-11-17(12-14-23)21(24)22(2)18-7-5-4-6-8-18/h4-10,15,17H,11-14H2,1-3H3. The van der Waals surface area contributed by atoms with Crippen LogP contribution in [0, 0.1) is 12.8 Å². The van der Waals surface area contributed by atoms with Crippen molar-refractivity contribution < 1.29 is 17.9 Å². The van der Waals surface area contributed by atoms with Crippen LogP contribution in [0.4, 0.5) is 5.69 Å². The summed E-state index contributed by atoms with van der Waals surface area (Å²) in [4.78, 5) is 14.7. The van der Waals surface area contributed by atoms with E-state index in [1.54, 1.807) is 37.3 Å². The van der Waals surface area contributed by atoms with E-state index in [4.69, 9.17) is 4.74 Å². The predicted molar refractivity (Wildman–Crippen MR) is 109 cm³/mol. The molecule has 1 amide bonds. The molecule has 0 aliphatic carbocycles. The van der Waals surface area contributed by atoms with Crippen LogP contribution in [-0.2, 0) is 14.8 Å². The Hall–Kier alpha value is -2.38. The lowest BCUT2D eigenvalue weighted by atomic mass is 9.96. The monoisotopic (exact) mass is 402 g/mol. The molecule has 3 rings (SSSR count). The van der Waals surface area contributed by atoms with Gasteiger partial charge in [0.05, 0.1) is 12.0 Å². The zero-order valence-corrected chi connectivity index (χ0v) is 17.3. The third kappa shape index (κ3) is 4.05. The van der Waals surface area contributed by atoms with Gasteiger partial charge in [0.25, 0.3) is 0 Å². The van der Waals surface area contributed by atoms with Crippen LogP contribution in [0.2, 0.25) is 0 Å². The predicted octanol–water partition coefficient (Wildman–Crippen LogP) is 3.07. The van der Waals surface area contributed by atoms with Crippen LogP contribution < -0.4 is 9.64 Å². The van der Waals surface area contributed by atoms with Crippen LogP contribution in [0.5, 0.6) is 5.75 Å². The number of methoxy groups -OCH3 is 1. The average molecular weight is 403 g/mol. The summed E-state index contributed by atoms with van der Waals surface area (Å²) < 4.78 is 32.6. The molecule has 28 heavy (non-hydrogen) atoms. The number of hydrogen-bond acceptors (Lipinski definition) is 4. The zero-order valence-electron chi connectivity index (χ0n) is 16.5. The number of nitrogens with zero attached hydrogens (tertiary/aromatic N) is 2. The zero-order chi connectivity index (χ0) is 20.3. The fourth-order valence-corrected chi connectivity index (χ4v) is 5.11. The molecule has 0 bridgehead atoms. The van der Waals surface area contributed by atoms with Crippen LogP contribution >= 0.6 is 0 Å². The minimum Gasteiger partial charge on any atom is -0.496 e. The second kappa shape index (κ2) is 8.32. The van der Waals surface area contributed by atoms with Gasteiger partial charge in [-0.15, -0.1) is 0 Å². The summed E-state index contributed by atoms with van der Waals surface area (Å²) in [5, 5.41) is 0. The van der Waals surface area contributed by atoms with Gasteiger partial charge >= 0.3 is 0 Å². The summed E-state index contributed by atoms with van der Waals surface area (Å²) in [5.74, 6) is 0.519. The molecule has 2 aromatic carbocycles. The van der Waals surface area contributed by atoms with Crippen molar-refractivity contribution in [3.8, 4) is 5.75 Å². The van der Waals surface area contributed by atoms with E-state index in [0.29, 0.717) is 31.7 Å². The molecule has 7 heteroatoms. The van der Waals surface area contributed by atoms with Crippen LogP contribution in [-0.4, -0.2) is 45.9 Å². The maximum atomic E-state index is 13.0. The number of hydrogen-bond donors (Lipinski definition) is 0. The van der Waals surface area contributed by atoms with E-state index in [1.807, 2.05) is 37.3 Å². The number of ether oxygens (including phenoxy) is 1. The normalized spacial score (nSPS) is 16.0. The molecule has 0 unspecified atom stereocenters. The summed E-state index contributed by atoms with van der Waals surface area (Å²) in [6.45, 7) is 2.50. The average Bonchev–Trinajstić information content (AvgIpc) is 2.73. The van der Waals surface area contributed by atoms with E-state index in [0.717, 1.165) is 11.3 Å². The summed E-state index contributed by atoms with van der Waals surface area (Å²) in [6, 6.07) is 14.4. The van der Waals surface area contributed by atoms with Crippen molar-refractivity contribution in [3.63, 3.8) is 0 Å². The van der Waals surface area contributed by atoms with Crippen molar-refractivity contribution in [2.75, 3.05) is 32.1 Å². The molecule has 0 atom stereocenters. The maximum Gasteiger partial charge on any atom is 0.243 e. The molecular formula is C21H26N2O4S. The van der Waals surface area contributed by atoms with Gasteiger partial charge in [-0.1, -0.05) is 18.2 Å². The van der Waals surface area contributed by atoms with Gasteiger partial charge in [-0.05, 0) is 55.7 Å². The van der Waals surface area contributed by atoms with Gasteiger partial charge in [0, 0.05) is 31.7 Å². The van der Waals surface area contributed by atoms with Crippen molar-refractivity contribution in [2.45, 2.75) is 24.7 Å². The second-order valence-electron chi connectivity index (χ2n) is 7.04. The van der Waals surface area contributed by atoms with Crippen molar-refractivity contribution in [3.05, 3.63) is 54.1 Å². The molecule has 1 aliphatic rings. The Morgan fingerprint density at radius 2 is 1.75 bits per heavy atom. The molecule has 6 nitrogen and oxygen atoms in total. The minimum atomic E-state index is -3.58. The van der Waals surface area contributed by atoms with Gasteiger partial charge in [0.1, 0.15) is 5.75 Å². The summed E-state index contributed by atoms with van der Waals surface area (Å²) in [5.41, 5.74) is 1.62. The Kier molecular flexibility index (Phi) is 6.05. The molecule has 1 heterocycles. The molecule has 0 radical (unpaired) electrons. The molecule has 150 valence electrons. The van der Waals surface area contributed by atoms with Crippen molar-refractivity contribution in [2.24, 2.45) is 5.92 Å².